The van der Waals surface area contributed by atoms with Crippen molar-refractivity contribution in [1.82, 2.24) is 4.57 Å². The average molecular weight is 596 g/mol. The fraction of sp³-hybridized carbons (Fsp3) is 0.212. The molecule has 6 aromatic rings. The molecule has 0 bridgehead atoms. The fourth-order valence-electron chi connectivity index (χ4n) is 5.90. The Bertz CT molecular complexity index is 2060. The molecule has 4 heterocycles. The second-order valence-corrected chi connectivity index (χ2v) is 12.0. The lowest BCUT2D eigenvalue weighted by atomic mass is 9.94. The van der Waals surface area contributed by atoms with E-state index in [0.717, 1.165) is 39.5 Å². The lowest BCUT2D eigenvalue weighted by molar-refractivity contribution is 0.0926. The number of benzene rings is 2. The van der Waals surface area contributed by atoms with Crippen LogP contribution in [0.3, 0.4) is 0 Å². The molecular weight excluding hydrogens is 566 g/mol. The molecular formula is C33H29N3O6S. The lowest BCUT2D eigenvalue weighted by Gasteiger charge is -2.20. The second-order valence-electron chi connectivity index (χ2n) is 10.7. The number of aliphatic hydroxyl groups is 1. The molecule has 4 aromatic heterocycles. The van der Waals surface area contributed by atoms with Crippen molar-refractivity contribution >= 4 is 56.5 Å². The van der Waals surface area contributed by atoms with Gasteiger partial charge in [0.25, 0.3) is 11.8 Å². The van der Waals surface area contributed by atoms with Crippen LogP contribution in [0.4, 0.5) is 11.4 Å². The Kier molecular flexibility index (Phi) is 6.41. The summed E-state index contributed by atoms with van der Waals surface area (Å²) in [4.78, 5) is 30.6. The van der Waals surface area contributed by atoms with Crippen LogP contribution < -0.4 is 10.2 Å². The van der Waals surface area contributed by atoms with E-state index in [1.807, 2.05) is 31.2 Å². The van der Waals surface area contributed by atoms with Crippen molar-refractivity contribution in [3.05, 3.63) is 88.4 Å². The normalized spacial score (nSPS) is 14.2. The van der Waals surface area contributed by atoms with Gasteiger partial charge >= 0.3 is 0 Å². The Balaban J connectivity index is 1.14. The zero-order chi connectivity index (χ0) is 30.0. The summed E-state index contributed by atoms with van der Waals surface area (Å²) in [5, 5.41) is 25.8. The van der Waals surface area contributed by atoms with Gasteiger partial charge in [0.1, 0.15) is 16.9 Å². The molecule has 0 saturated carbocycles. The third-order valence-corrected chi connectivity index (χ3v) is 9.08. The Hall–Kier alpha value is -4.80. The molecule has 2 aromatic carbocycles. The highest BCUT2D eigenvalue weighted by atomic mass is 32.1. The zero-order valence-electron chi connectivity index (χ0n) is 23.8. The largest absolute Gasteiger partial charge is 0.506 e. The van der Waals surface area contributed by atoms with Crippen molar-refractivity contribution in [3.8, 4) is 16.2 Å². The summed E-state index contributed by atoms with van der Waals surface area (Å²) in [6.45, 7) is 7.90. The Morgan fingerprint density at radius 2 is 1.70 bits per heavy atom. The monoisotopic (exact) mass is 595 g/mol. The maximum Gasteiger partial charge on any atom is 0.297 e. The Morgan fingerprint density at radius 1 is 1.00 bits per heavy atom. The van der Waals surface area contributed by atoms with E-state index in [4.69, 9.17) is 8.83 Å². The van der Waals surface area contributed by atoms with Gasteiger partial charge in [-0.2, -0.15) is 0 Å². The highest BCUT2D eigenvalue weighted by molar-refractivity contribution is 7.15. The summed E-state index contributed by atoms with van der Waals surface area (Å²) in [7, 11) is 0. The fourth-order valence-corrected chi connectivity index (χ4v) is 7.04. The molecule has 0 aliphatic heterocycles. The van der Waals surface area contributed by atoms with Gasteiger partial charge in [-0.3, -0.25) is 14.2 Å². The predicted octanol–water partition coefficient (Wildman–Crippen LogP) is 7.10. The first-order valence-corrected chi connectivity index (χ1v) is 15.0. The quantitative estimate of drug-likeness (QED) is 0.188. The number of aromatic hydroxyl groups is 1. The van der Waals surface area contributed by atoms with Crippen LogP contribution >= 0.6 is 11.3 Å². The van der Waals surface area contributed by atoms with Crippen molar-refractivity contribution in [1.29, 1.82) is 0 Å². The van der Waals surface area contributed by atoms with Gasteiger partial charge in [-0.05, 0) is 80.9 Å². The summed E-state index contributed by atoms with van der Waals surface area (Å²) in [6.07, 6.45) is 0.798. The van der Waals surface area contributed by atoms with Crippen LogP contribution in [0, 0.1) is 6.92 Å². The van der Waals surface area contributed by atoms with Crippen molar-refractivity contribution in [2.75, 3.05) is 23.3 Å². The first-order chi connectivity index (χ1) is 20.7. The van der Waals surface area contributed by atoms with Gasteiger partial charge in [-0.15, -0.1) is 11.3 Å². The molecule has 7 rings (SSSR count). The van der Waals surface area contributed by atoms with E-state index in [2.05, 4.69) is 24.1 Å². The van der Waals surface area contributed by atoms with Crippen molar-refractivity contribution in [2.24, 2.45) is 0 Å². The number of hydrogen-bond donors (Lipinski definition) is 3. The van der Waals surface area contributed by atoms with Gasteiger partial charge in [-0.1, -0.05) is 0 Å². The zero-order valence-corrected chi connectivity index (χ0v) is 24.6. The van der Waals surface area contributed by atoms with Gasteiger partial charge in [0, 0.05) is 57.1 Å². The first-order valence-electron chi connectivity index (χ1n) is 14.1. The number of furan rings is 2. The molecule has 0 spiro atoms. The van der Waals surface area contributed by atoms with E-state index < -0.39 is 17.9 Å². The van der Waals surface area contributed by atoms with E-state index in [0.29, 0.717) is 33.5 Å². The summed E-state index contributed by atoms with van der Waals surface area (Å²) < 4.78 is 13.0. The molecule has 1 amide bonds. The minimum absolute atomic E-state index is 0.0191. The van der Waals surface area contributed by atoms with Gasteiger partial charge in [0.15, 0.2) is 11.5 Å². The van der Waals surface area contributed by atoms with Gasteiger partial charge in [0.2, 0.25) is 0 Å². The topological polar surface area (TPSA) is 121 Å². The number of amides is 1. The van der Waals surface area contributed by atoms with Crippen molar-refractivity contribution < 1.29 is 28.6 Å². The molecule has 1 aliphatic carbocycles. The summed E-state index contributed by atoms with van der Waals surface area (Å²) in [6, 6.07) is 16.2. The maximum atomic E-state index is 13.6. The molecule has 10 heteroatoms. The number of rotatable bonds is 6. The minimum Gasteiger partial charge on any atom is -0.506 e. The highest BCUT2D eigenvalue weighted by Crippen LogP contribution is 2.48. The molecule has 9 nitrogen and oxygen atoms in total. The maximum absolute atomic E-state index is 13.6. The number of carbonyl (C=O) groups excluding carboxylic acids is 2. The number of aromatic nitrogens is 1. The summed E-state index contributed by atoms with van der Waals surface area (Å²) in [5.74, 6) is -0.614. The van der Waals surface area contributed by atoms with E-state index in [1.165, 1.54) is 22.1 Å². The Morgan fingerprint density at radius 3 is 2.47 bits per heavy atom. The number of fused-ring (bicyclic) bond motifs is 5. The third kappa shape index (κ3) is 4.50. The van der Waals surface area contributed by atoms with E-state index >= 15 is 0 Å². The molecule has 0 radical (unpaired) electrons. The standard InChI is InChI=1S/C33H29N3O6S/c1-4-35(5-2)21-7-9-27-19(12-21)13-28(41-27)32(39)34-20-6-8-26-18(11-20)14-29(42-26)33(40)36-16-25(38)30-23(36)15-24(37)22-10-17(3)43-31(22)30/h6-14,16,24,37-38H,4-5,15H2,1-3H3,(H,34,39). The number of nitrogens with one attached hydrogen (secondary N) is 1. The number of hydrogen-bond acceptors (Lipinski definition) is 8. The number of nitrogens with zero attached hydrogens (tertiary/aromatic N) is 2. The number of anilines is 2. The number of thiophene rings is 1. The van der Waals surface area contributed by atoms with E-state index in [-0.39, 0.29) is 23.7 Å². The number of carbonyl (C=O) groups is 2. The Labute approximate surface area is 250 Å². The van der Waals surface area contributed by atoms with E-state index in [9.17, 15) is 19.8 Å². The molecule has 0 saturated heterocycles. The summed E-state index contributed by atoms with van der Waals surface area (Å²) >= 11 is 1.47. The van der Waals surface area contributed by atoms with Crippen LogP contribution in [0.5, 0.6) is 5.75 Å². The smallest absolute Gasteiger partial charge is 0.297 e. The van der Waals surface area contributed by atoms with Crippen LogP contribution in [0.2, 0.25) is 0 Å². The van der Waals surface area contributed by atoms with Crippen LogP contribution in [0.15, 0.2) is 69.6 Å². The molecule has 43 heavy (non-hydrogen) atoms. The van der Waals surface area contributed by atoms with Crippen LogP contribution in [-0.4, -0.2) is 39.7 Å². The van der Waals surface area contributed by atoms with Crippen LogP contribution in [-0.2, 0) is 6.42 Å². The molecule has 0 fully saturated rings. The lowest BCUT2D eigenvalue weighted by Crippen LogP contribution is -2.21. The first kappa shape index (κ1) is 27.1. The van der Waals surface area contributed by atoms with Crippen molar-refractivity contribution in [3.63, 3.8) is 0 Å². The second kappa shape index (κ2) is 10.2. The highest BCUT2D eigenvalue weighted by Gasteiger charge is 2.33. The average Bonchev–Trinajstić information content (AvgIpc) is 3.76. The summed E-state index contributed by atoms with van der Waals surface area (Å²) in [5.41, 5.74) is 4.55. The molecule has 1 aliphatic rings. The third-order valence-electron chi connectivity index (χ3n) is 8.00. The van der Waals surface area contributed by atoms with Gasteiger partial charge in [0.05, 0.1) is 17.9 Å². The molecule has 1 atom stereocenters. The van der Waals surface area contributed by atoms with Crippen molar-refractivity contribution in [2.45, 2.75) is 33.3 Å². The number of aliphatic hydroxyl groups excluding tert-OH is 1. The molecule has 218 valence electrons. The molecule has 3 N–H and O–H groups in total. The van der Waals surface area contributed by atoms with Crippen LogP contribution in [0.25, 0.3) is 32.4 Å². The van der Waals surface area contributed by atoms with E-state index in [1.54, 1.807) is 30.3 Å². The van der Waals surface area contributed by atoms with Gasteiger partial charge < -0.3 is 29.3 Å². The molecule has 1 unspecified atom stereocenters. The number of aryl methyl sites for hydroxylation is 1. The predicted molar refractivity (Wildman–Crippen MR) is 166 cm³/mol. The van der Waals surface area contributed by atoms with Gasteiger partial charge in [-0.25, -0.2) is 0 Å². The minimum atomic E-state index is -0.772. The SMILES string of the molecule is CCN(CC)c1ccc2oc(C(=O)Nc3ccc4oc(C(=O)n5cc(O)c6c5CC(O)c5cc(C)sc5-6)cc4c3)cc2c1. The van der Waals surface area contributed by atoms with Crippen LogP contribution in [0.1, 0.15) is 57.2 Å².